The molecule has 0 fully saturated rings. The number of sulfonamides is 1. The molecule has 0 bridgehead atoms. The number of hydrazone groups is 1. The van der Waals surface area contributed by atoms with E-state index in [-0.39, 0.29) is 28.3 Å². The maximum Gasteiger partial charge on any atom is 0.328 e. The Morgan fingerprint density at radius 3 is 2.46 bits per heavy atom. The van der Waals surface area contributed by atoms with Crippen molar-refractivity contribution in [3.05, 3.63) is 95.0 Å². The molecule has 0 aromatic heterocycles. The van der Waals surface area contributed by atoms with Crippen molar-refractivity contribution >= 4 is 39.3 Å². The molecular weight excluding hydrogens is 516 g/mol. The Morgan fingerprint density at radius 2 is 1.84 bits per heavy atom. The van der Waals surface area contributed by atoms with Gasteiger partial charge in [-0.2, -0.15) is 5.10 Å². The van der Waals surface area contributed by atoms with Gasteiger partial charge >= 0.3 is 5.97 Å². The molecule has 0 radical (unpaired) electrons. The quantitative estimate of drug-likeness (QED) is 0.346. The van der Waals surface area contributed by atoms with Gasteiger partial charge in [-0.25, -0.2) is 27.9 Å². The highest BCUT2D eigenvalue weighted by atomic mass is 35.5. The highest BCUT2D eigenvalue weighted by Crippen LogP contribution is 2.30. The molecule has 0 spiro atoms. The number of nitrogens with one attached hydrogen (secondary N) is 1. The van der Waals surface area contributed by atoms with E-state index < -0.39 is 22.0 Å². The number of methoxy groups -OCH3 is 1. The van der Waals surface area contributed by atoms with E-state index in [1.165, 1.54) is 30.1 Å². The summed E-state index contributed by atoms with van der Waals surface area (Å²) in [4.78, 5) is 15.7. The van der Waals surface area contributed by atoms with Crippen molar-refractivity contribution in [3.63, 3.8) is 0 Å². The lowest BCUT2D eigenvalue weighted by Crippen LogP contribution is -2.42. The summed E-state index contributed by atoms with van der Waals surface area (Å²) >= 11 is 5.99. The number of carbonyl (C=O) groups is 1. The SMILES string of the molecule is COc1ccc(C2=NN(C(=NC(C)C(=O)O)NS(=O)(=O)c3cccc(Cl)c3)CC2c2ccccc2)cc1. The number of carboxylic acid groups (broad SMARTS) is 1. The van der Waals surface area contributed by atoms with Crippen LogP contribution in [-0.4, -0.2) is 55.9 Å². The largest absolute Gasteiger partial charge is 0.497 e. The van der Waals surface area contributed by atoms with Crippen LogP contribution in [0.2, 0.25) is 5.02 Å². The van der Waals surface area contributed by atoms with E-state index in [0.29, 0.717) is 11.5 Å². The number of hydrogen-bond donors (Lipinski definition) is 2. The first-order valence-electron chi connectivity index (χ1n) is 11.3. The zero-order chi connectivity index (χ0) is 26.6. The lowest BCUT2D eigenvalue weighted by molar-refractivity contribution is -0.138. The van der Waals surface area contributed by atoms with E-state index in [0.717, 1.165) is 11.1 Å². The molecule has 2 atom stereocenters. The van der Waals surface area contributed by atoms with Gasteiger partial charge in [-0.3, -0.25) is 0 Å². The third kappa shape index (κ3) is 6.10. The zero-order valence-electron chi connectivity index (χ0n) is 20.1. The summed E-state index contributed by atoms with van der Waals surface area (Å²) < 4.78 is 34.1. The topological polar surface area (TPSA) is 121 Å². The van der Waals surface area contributed by atoms with E-state index >= 15 is 0 Å². The molecule has 0 aliphatic carbocycles. The Balaban J connectivity index is 1.77. The first kappa shape index (κ1) is 26.2. The average molecular weight is 541 g/mol. The molecule has 0 saturated heterocycles. The molecule has 3 aromatic carbocycles. The number of ether oxygens (including phenoxy) is 1. The van der Waals surface area contributed by atoms with Gasteiger partial charge in [0.1, 0.15) is 11.8 Å². The number of guanidine groups is 1. The maximum absolute atomic E-state index is 13.2. The second kappa shape index (κ2) is 11.0. The van der Waals surface area contributed by atoms with Crippen molar-refractivity contribution in [1.82, 2.24) is 9.73 Å². The lowest BCUT2D eigenvalue weighted by atomic mass is 9.90. The number of benzene rings is 3. The lowest BCUT2D eigenvalue weighted by Gasteiger charge is -2.20. The van der Waals surface area contributed by atoms with E-state index in [2.05, 4.69) is 9.71 Å². The van der Waals surface area contributed by atoms with Crippen molar-refractivity contribution in [2.75, 3.05) is 13.7 Å². The fourth-order valence-electron chi connectivity index (χ4n) is 3.80. The van der Waals surface area contributed by atoms with Crippen LogP contribution < -0.4 is 9.46 Å². The number of aliphatic carboxylic acids is 1. The van der Waals surface area contributed by atoms with E-state index in [9.17, 15) is 18.3 Å². The number of aliphatic imine (C=N–C) groups is 1. The number of rotatable bonds is 7. The van der Waals surface area contributed by atoms with Crippen LogP contribution >= 0.6 is 11.6 Å². The number of hydrogen-bond acceptors (Lipinski definition) is 6. The van der Waals surface area contributed by atoms with Gasteiger partial charge in [0.05, 0.1) is 24.3 Å². The number of halogens is 1. The fraction of sp³-hybridized carbons (Fsp3) is 0.192. The van der Waals surface area contributed by atoms with Crippen molar-refractivity contribution < 1.29 is 23.1 Å². The van der Waals surface area contributed by atoms with Gasteiger partial charge < -0.3 is 9.84 Å². The van der Waals surface area contributed by atoms with E-state index in [1.54, 1.807) is 13.2 Å². The minimum Gasteiger partial charge on any atom is -0.497 e. The van der Waals surface area contributed by atoms with Gasteiger partial charge in [0.15, 0.2) is 0 Å². The average Bonchev–Trinajstić information content (AvgIpc) is 3.34. The summed E-state index contributed by atoms with van der Waals surface area (Å²) in [6.45, 7) is 1.59. The van der Waals surface area contributed by atoms with Crippen LogP contribution in [0.25, 0.3) is 0 Å². The van der Waals surface area contributed by atoms with E-state index in [1.807, 2.05) is 54.6 Å². The minimum atomic E-state index is -4.15. The van der Waals surface area contributed by atoms with Crippen LogP contribution in [0.15, 0.2) is 93.9 Å². The monoisotopic (exact) mass is 540 g/mol. The molecule has 2 N–H and O–H groups in total. The predicted octanol–water partition coefficient (Wildman–Crippen LogP) is 3.96. The van der Waals surface area contributed by atoms with Crippen molar-refractivity contribution in [2.24, 2.45) is 10.1 Å². The van der Waals surface area contributed by atoms with Gasteiger partial charge in [-0.15, -0.1) is 0 Å². The Morgan fingerprint density at radius 1 is 1.14 bits per heavy atom. The molecule has 1 aliphatic heterocycles. The summed E-state index contributed by atoms with van der Waals surface area (Å²) in [6.07, 6.45) is 0. The molecule has 1 heterocycles. The maximum atomic E-state index is 13.2. The van der Waals surface area contributed by atoms with Crippen molar-refractivity contribution in [3.8, 4) is 5.75 Å². The Labute approximate surface area is 220 Å². The molecular formula is C26H25ClN4O5S. The van der Waals surface area contributed by atoms with Gasteiger partial charge in [0.25, 0.3) is 10.0 Å². The predicted molar refractivity (Wildman–Crippen MR) is 142 cm³/mol. The van der Waals surface area contributed by atoms with Crippen LogP contribution in [-0.2, 0) is 14.8 Å². The van der Waals surface area contributed by atoms with Crippen LogP contribution in [0.1, 0.15) is 24.0 Å². The molecule has 37 heavy (non-hydrogen) atoms. The van der Waals surface area contributed by atoms with E-state index in [4.69, 9.17) is 21.4 Å². The first-order chi connectivity index (χ1) is 17.7. The van der Waals surface area contributed by atoms with Gasteiger partial charge in [0.2, 0.25) is 5.96 Å². The highest BCUT2D eigenvalue weighted by molar-refractivity contribution is 7.90. The van der Waals surface area contributed by atoms with Gasteiger partial charge in [0, 0.05) is 10.9 Å². The fourth-order valence-corrected chi connectivity index (χ4v) is 5.11. The molecule has 1 aliphatic rings. The third-order valence-corrected chi connectivity index (χ3v) is 7.31. The van der Waals surface area contributed by atoms with Gasteiger partial charge in [-0.1, -0.05) is 48.0 Å². The summed E-state index contributed by atoms with van der Waals surface area (Å²) in [5.74, 6) is -0.977. The summed E-state index contributed by atoms with van der Waals surface area (Å²) in [5.41, 5.74) is 2.44. The van der Waals surface area contributed by atoms with Crippen LogP contribution in [0.3, 0.4) is 0 Å². The Kier molecular flexibility index (Phi) is 7.80. The molecule has 0 saturated carbocycles. The Bertz CT molecular complexity index is 1440. The smallest absolute Gasteiger partial charge is 0.328 e. The van der Waals surface area contributed by atoms with Crippen LogP contribution in [0.4, 0.5) is 0 Å². The number of carboxylic acids is 1. The van der Waals surface area contributed by atoms with Crippen LogP contribution in [0, 0.1) is 0 Å². The highest BCUT2D eigenvalue weighted by Gasteiger charge is 2.33. The standard InChI is InChI=1S/C26H25ClN4O5S/c1-17(25(32)33)28-26(30-37(34,35)22-10-6-9-20(27)15-22)31-16-23(18-7-4-3-5-8-18)24(29-31)19-11-13-21(36-2)14-12-19/h3-15,17,23H,16H2,1-2H3,(H,28,30)(H,32,33). The molecule has 3 aromatic rings. The summed E-state index contributed by atoms with van der Waals surface area (Å²) in [6, 6.07) is 21.5. The molecule has 9 nitrogen and oxygen atoms in total. The van der Waals surface area contributed by atoms with Gasteiger partial charge in [-0.05, 0) is 60.5 Å². The number of nitrogens with zero attached hydrogens (tertiary/aromatic N) is 3. The molecule has 2 unspecified atom stereocenters. The molecule has 11 heteroatoms. The molecule has 192 valence electrons. The van der Waals surface area contributed by atoms with Crippen molar-refractivity contribution in [1.29, 1.82) is 0 Å². The second-order valence-electron chi connectivity index (χ2n) is 8.29. The Hall–Kier alpha value is -3.89. The zero-order valence-corrected chi connectivity index (χ0v) is 21.6. The molecule has 0 amide bonds. The first-order valence-corrected chi connectivity index (χ1v) is 13.2. The van der Waals surface area contributed by atoms with Crippen molar-refractivity contribution in [2.45, 2.75) is 23.8 Å². The molecule has 4 rings (SSSR count). The summed E-state index contributed by atoms with van der Waals surface area (Å²) in [5, 5.41) is 15.8. The third-order valence-electron chi connectivity index (χ3n) is 5.75. The van der Waals surface area contributed by atoms with Crippen LogP contribution in [0.5, 0.6) is 5.75 Å². The normalized spacial score (nSPS) is 16.7. The summed E-state index contributed by atoms with van der Waals surface area (Å²) in [7, 11) is -2.57. The minimum absolute atomic E-state index is 0.0890. The second-order valence-corrected chi connectivity index (χ2v) is 10.4.